The van der Waals surface area contributed by atoms with Crippen molar-refractivity contribution >= 4 is 5.69 Å². The predicted octanol–water partition coefficient (Wildman–Crippen LogP) is 1.20. The maximum absolute atomic E-state index is 13.1. The van der Waals surface area contributed by atoms with Gasteiger partial charge in [0.2, 0.25) is 0 Å². The molecule has 4 nitrogen and oxygen atoms in total. The van der Waals surface area contributed by atoms with Gasteiger partial charge in [-0.1, -0.05) is 6.07 Å². The Morgan fingerprint density at radius 2 is 2.21 bits per heavy atom. The number of nitrogens with zero attached hydrogens (tertiary/aromatic N) is 3. The van der Waals surface area contributed by atoms with Crippen LogP contribution >= 0.6 is 0 Å². The van der Waals surface area contributed by atoms with Gasteiger partial charge in [-0.05, 0) is 12.1 Å². The summed E-state index contributed by atoms with van der Waals surface area (Å²) in [6.45, 7) is 0. The van der Waals surface area contributed by atoms with Gasteiger partial charge >= 0.3 is 0 Å². The monoisotopic (exact) mass is 192 g/mol. The molecule has 0 radical (unpaired) electrons. The number of aryl methyl sites for hydroxylation is 1. The summed E-state index contributed by atoms with van der Waals surface area (Å²) in [5.74, 6) is -0.437. The molecule has 72 valence electrons. The summed E-state index contributed by atoms with van der Waals surface area (Å²) >= 11 is 0. The average Bonchev–Trinajstić information content (AvgIpc) is 2.57. The molecule has 0 aliphatic heterocycles. The van der Waals surface area contributed by atoms with E-state index in [1.807, 2.05) is 0 Å². The first kappa shape index (κ1) is 8.68. The molecule has 2 N–H and O–H groups in total. The van der Waals surface area contributed by atoms with Crippen molar-refractivity contribution in [1.29, 1.82) is 0 Å². The quantitative estimate of drug-likeness (QED) is 0.691. The molecule has 1 aromatic carbocycles. The van der Waals surface area contributed by atoms with E-state index in [2.05, 4.69) is 10.2 Å². The van der Waals surface area contributed by atoms with Crippen LogP contribution in [0.25, 0.3) is 11.3 Å². The lowest BCUT2D eigenvalue weighted by Gasteiger charge is -1.98. The highest BCUT2D eigenvalue weighted by molar-refractivity contribution is 5.61. The van der Waals surface area contributed by atoms with Gasteiger partial charge in [-0.2, -0.15) is 15.0 Å². The Morgan fingerprint density at radius 3 is 2.79 bits per heavy atom. The summed E-state index contributed by atoms with van der Waals surface area (Å²) < 4.78 is 13.1. The third-order valence-corrected chi connectivity index (χ3v) is 1.90. The molecule has 1 heterocycles. The molecule has 0 aliphatic carbocycles. The number of nitrogens with two attached hydrogens (primary N) is 1. The van der Waals surface area contributed by atoms with Gasteiger partial charge in [0.25, 0.3) is 0 Å². The second kappa shape index (κ2) is 3.10. The van der Waals surface area contributed by atoms with Crippen LogP contribution in [0.15, 0.2) is 24.4 Å². The number of aromatic nitrogens is 3. The summed E-state index contributed by atoms with van der Waals surface area (Å²) in [6, 6.07) is 4.57. The van der Waals surface area contributed by atoms with Crippen LogP contribution in [0.4, 0.5) is 10.1 Å². The predicted molar refractivity (Wildman–Crippen MR) is 50.8 cm³/mol. The lowest BCUT2D eigenvalue weighted by Crippen LogP contribution is -1.93. The third-order valence-electron chi connectivity index (χ3n) is 1.90. The van der Waals surface area contributed by atoms with E-state index in [0.29, 0.717) is 11.3 Å². The van der Waals surface area contributed by atoms with Gasteiger partial charge in [0, 0.05) is 12.6 Å². The summed E-state index contributed by atoms with van der Waals surface area (Å²) in [5, 5.41) is 7.95. The molecule has 0 unspecified atom stereocenters. The van der Waals surface area contributed by atoms with Crippen LogP contribution in [-0.4, -0.2) is 15.0 Å². The Morgan fingerprint density at radius 1 is 1.43 bits per heavy atom. The molecule has 0 aliphatic rings. The highest BCUT2D eigenvalue weighted by Gasteiger charge is 2.05. The fourth-order valence-corrected chi connectivity index (χ4v) is 1.16. The number of benzene rings is 1. The molecule has 0 amide bonds. The Kier molecular flexibility index (Phi) is 1.92. The van der Waals surface area contributed by atoms with Gasteiger partial charge in [0.1, 0.15) is 11.5 Å². The number of hydrogen-bond acceptors (Lipinski definition) is 3. The Balaban J connectivity index is 2.47. The maximum atomic E-state index is 13.1. The van der Waals surface area contributed by atoms with Crippen LogP contribution in [0.3, 0.4) is 0 Å². The minimum Gasteiger partial charge on any atom is -0.396 e. The molecule has 0 saturated carbocycles. The van der Waals surface area contributed by atoms with Gasteiger partial charge in [0.15, 0.2) is 0 Å². The maximum Gasteiger partial charge on any atom is 0.146 e. The molecule has 0 fully saturated rings. The molecule has 0 spiro atoms. The normalized spacial score (nSPS) is 10.4. The third kappa shape index (κ3) is 1.44. The zero-order valence-corrected chi connectivity index (χ0v) is 7.61. The number of rotatable bonds is 1. The number of nitrogen functional groups attached to an aromatic ring is 1. The van der Waals surface area contributed by atoms with Crippen molar-refractivity contribution in [2.24, 2.45) is 7.05 Å². The summed E-state index contributed by atoms with van der Waals surface area (Å²) in [7, 11) is 1.71. The van der Waals surface area contributed by atoms with Crippen molar-refractivity contribution in [2.75, 3.05) is 5.73 Å². The van der Waals surface area contributed by atoms with Crippen LogP contribution in [-0.2, 0) is 7.05 Å². The van der Waals surface area contributed by atoms with E-state index < -0.39 is 5.82 Å². The van der Waals surface area contributed by atoms with Crippen molar-refractivity contribution < 1.29 is 4.39 Å². The molecular formula is C9H9FN4. The molecule has 2 rings (SSSR count). The topological polar surface area (TPSA) is 56.7 Å². The molecule has 14 heavy (non-hydrogen) atoms. The van der Waals surface area contributed by atoms with Gasteiger partial charge in [-0.25, -0.2) is 4.39 Å². The molecule has 0 saturated heterocycles. The van der Waals surface area contributed by atoms with E-state index in [0.717, 1.165) is 0 Å². The Hall–Kier alpha value is -1.91. The highest BCUT2D eigenvalue weighted by Crippen LogP contribution is 2.20. The zero-order chi connectivity index (χ0) is 10.1. The lowest BCUT2D eigenvalue weighted by atomic mass is 10.1. The zero-order valence-electron chi connectivity index (χ0n) is 7.61. The van der Waals surface area contributed by atoms with Crippen LogP contribution in [0.5, 0.6) is 0 Å². The molecule has 2 aromatic rings. The van der Waals surface area contributed by atoms with Crippen molar-refractivity contribution in [3.8, 4) is 11.3 Å². The standard InChI is InChI=1S/C9H9FN4/c1-14-12-5-9(13-14)6-2-3-8(11)7(10)4-6/h2-5H,11H2,1H3. The summed E-state index contributed by atoms with van der Waals surface area (Å²) in [4.78, 5) is 1.42. The van der Waals surface area contributed by atoms with Crippen LogP contribution in [0, 0.1) is 5.82 Å². The smallest absolute Gasteiger partial charge is 0.146 e. The van der Waals surface area contributed by atoms with Crippen molar-refractivity contribution in [3.63, 3.8) is 0 Å². The second-order valence-electron chi connectivity index (χ2n) is 2.96. The van der Waals surface area contributed by atoms with Crippen LogP contribution in [0.2, 0.25) is 0 Å². The van der Waals surface area contributed by atoms with Crippen molar-refractivity contribution in [2.45, 2.75) is 0 Å². The van der Waals surface area contributed by atoms with Crippen LogP contribution in [0.1, 0.15) is 0 Å². The Labute approximate surface area is 80.2 Å². The van der Waals surface area contributed by atoms with E-state index in [9.17, 15) is 4.39 Å². The fourth-order valence-electron chi connectivity index (χ4n) is 1.16. The SMILES string of the molecule is Cn1ncc(-c2ccc(N)c(F)c2)n1. The van der Waals surface area contributed by atoms with E-state index in [1.54, 1.807) is 19.3 Å². The number of anilines is 1. The van der Waals surface area contributed by atoms with E-state index >= 15 is 0 Å². The molecule has 0 atom stereocenters. The van der Waals surface area contributed by atoms with Gasteiger partial charge in [-0.3, -0.25) is 0 Å². The van der Waals surface area contributed by atoms with Crippen molar-refractivity contribution in [1.82, 2.24) is 15.0 Å². The first-order valence-corrected chi connectivity index (χ1v) is 4.08. The van der Waals surface area contributed by atoms with E-state index in [-0.39, 0.29) is 5.69 Å². The highest BCUT2D eigenvalue weighted by atomic mass is 19.1. The fraction of sp³-hybridized carbons (Fsp3) is 0.111. The minimum atomic E-state index is -0.437. The van der Waals surface area contributed by atoms with Crippen molar-refractivity contribution in [3.05, 3.63) is 30.2 Å². The van der Waals surface area contributed by atoms with Gasteiger partial charge in [0.05, 0.1) is 11.9 Å². The Bertz CT molecular complexity index is 464. The van der Waals surface area contributed by atoms with Gasteiger partial charge < -0.3 is 5.73 Å². The molecule has 1 aromatic heterocycles. The largest absolute Gasteiger partial charge is 0.396 e. The van der Waals surface area contributed by atoms with Crippen LogP contribution < -0.4 is 5.73 Å². The average molecular weight is 192 g/mol. The first-order valence-electron chi connectivity index (χ1n) is 4.08. The minimum absolute atomic E-state index is 0.137. The van der Waals surface area contributed by atoms with Gasteiger partial charge in [-0.15, -0.1) is 0 Å². The number of halogens is 1. The van der Waals surface area contributed by atoms with E-state index in [4.69, 9.17) is 5.73 Å². The lowest BCUT2D eigenvalue weighted by molar-refractivity contribution is 0.632. The molecule has 0 bridgehead atoms. The van der Waals surface area contributed by atoms with E-state index in [1.165, 1.54) is 16.9 Å². The molecular weight excluding hydrogens is 183 g/mol. The number of hydrogen-bond donors (Lipinski definition) is 1. The summed E-state index contributed by atoms with van der Waals surface area (Å²) in [5.41, 5.74) is 6.79. The first-order chi connectivity index (χ1) is 6.66. The second-order valence-corrected chi connectivity index (χ2v) is 2.96. The summed E-state index contributed by atoms with van der Waals surface area (Å²) in [6.07, 6.45) is 1.57. The molecule has 5 heteroatoms.